The Morgan fingerprint density at radius 1 is 1.29 bits per heavy atom. The van der Waals surface area contributed by atoms with E-state index in [-0.39, 0.29) is 0 Å². The van der Waals surface area contributed by atoms with Crippen molar-refractivity contribution in [2.75, 3.05) is 44.3 Å². The van der Waals surface area contributed by atoms with Crippen molar-refractivity contribution in [2.24, 2.45) is 5.41 Å². The Morgan fingerprint density at radius 3 is 2.62 bits per heavy atom. The van der Waals surface area contributed by atoms with E-state index in [1.54, 1.807) is 0 Å². The summed E-state index contributed by atoms with van der Waals surface area (Å²) in [6, 6.07) is 0. The average molecular weight is 334 g/mol. The molecule has 2 aliphatic heterocycles. The lowest BCUT2D eigenvalue weighted by Crippen LogP contribution is -2.47. The summed E-state index contributed by atoms with van der Waals surface area (Å²) in [6.45, 7) is 7.28. The second-order valence-electron chi connectivity index (χ2n) is 6.74. The van der Waals surface area contributed by atoms with E-state index in [4.69, 9.17) is 4.74 Å². The molecule has 1 aromatic rings. The van der Waals surface area contributed by atoms with Crippen molar-refractivity contribution in [3.05, 3.63) is 18.0 Å². The molecule has 1 N–H and O–H groups in total. The fraction of sp³-hybridized carbons (Fsp3) is 0.706. The topological polar surface area (TPSA) is 78.8 Å². The van der Waals surface area contributed by atoms with Crippen LogP contribution in [0.5, 0.6) is 0 Å². The number of aromatic nitrogens is 2. The Labute approximate surface area is 142 Å². The molecule has 0 amide bonds. The van der Waals surface area contributed by atoms with E-state index in [1.165, 1.54) is 0 Å². The molecule has 0 spiro atoms. The molecule has 0 radical (unpaired) electrons. The molecule has 2 saturated heterocycles. The highest BCUT2D eigenvalue weighted by molar-refractivity contribution is 5.75. The minimum Gasteiger partial charge on any atom is -0.481 e. The maximum absolute atomic E-state index is 11.7. The van der Waals surface area contributed by atoms with Crippen LogP contribution in [-0.4, -0.2) is 65.3 Å². The van der Waals surface area contributed by atoms with Crippen molar-refractivity contribution in [3.8, 4) is 0 Å². The van der Waals surface area contributed by atoms with Crippen LogP contribution in [0.15, 0.2) is 12.4 Å². The van der Waals surface area contributed by atoms with Gasteiger partial charge in [0.15, 0.2) is 0 Å². The number of carboxylic acids is 1. The van der Waals surface area contributed by atoms with Crippen molar-refractivity contribution in [1.29, 1.82) is 0 Å². The van der Waals surface area contributed by atoms with Gasteiger partial charge in [-0.3, -0.25) is 9.69 Å². The number of ether oxygens (including phenoxy) is 1. The molecule has 1 atom stereocenters. The molecule has 7 heteroatoms. The number of morpholine rings is 1. The van der Waals surface area contributed by atoms with Crippen molar-refractivity contribution in [2.45, 2.75) is 32.7 Å². The molecular weight excluding hydrogens is 308 g/mol. The number of rotatable bonds is 5. The summed E-state index contributed by atoms with van der Waals surface area (Å²) in [5.41, 5.74) is 0.427. The zero-order chi connectivity index (χ0) is 17.0. The second kappa shape index (κ2) is 7.44. The van der Waals surface area contributed by atoms with Gasteiger partial charge in [-0.2, -0.15) is 0 Å². The fourth-order valence-electron chi connectivity index (χ4n) is 3.59. The van der Waals surface area contributed by atoms with Crippen molar-refractivity contribution >= 4 is 11.9 Å². The van der Waals surface area contributed by atoms with E-state index < -0.39 is 11.4 Å². The maximum Gasteiger partial charge on any atom is 0.310 e. The SMILES string of the molecule is CC[C@]1(C(=O)O)CCCN(Cc2cnc(N3CCOCC3)nc2)C1. The molecule has 132 valence electrons. The number of anilines is 1. The van der Waals surface area contributed by atoms with Gasteiger partial charge >= 0.3 is 5.97 Å². The molecule has 0 bridgehead atoms. The van der Waals surface area contributed by atoms with Crippen LogP contribution in [0.3, 0.4) is 0 Å². The van der Waals surface area contributed by atoms with Gasteiger partial charge in [-0.1, -0.05) is 6.92 Å². The van der Waals surface area contributed by atoms with E-state index >= 15 is 0 Å². The molecule has 0 unspecified atom stereocenters. The van der Waals surface area contributed by atoms with Gasteiger partial charge in [0.1, 0.15) is 0 Å². The lowest BCUT2D eigenvalue weighted by atomic mass is 9.77. The van der Waals surface area contributed by atoms with Gasteiger partial charge in [-0.05, 0) is 25.8 Å². The molecule has 2 fully saturated rings. The Kier molecular flexibility index (Phi) is 5.30. The van der Waals surface area contributed by atoms with Crippen LogP contribution < -0.4 is 4.90 Å². The maximum atomic E-state index is 11.7. The lowest BCUT2D eigenvalue weighted by Gasteiger charge is -2.39. The summed E-state index contributed by atoms with van der Waals surface area (Å²) in [6.07, 6.45) is 6.08. The Morgan fingerprint density at radius 2 is 2.00 bits per heavy atom. The molecular formula is C17H26N4O3. The summed E-state index contributed by atoms with van der Waals surface area (Å²) in [7, 11) is 0. The average Bonchev–Trinajstić information content (AvgIpc) is 2.63. The number of carbonyl (C=O) groups is 1. The molecule has 0 saturated carbocycles. The summed E-state index contributed by atoms with van der Waals surface area (Å²) in [5, 5.41) is 9.59. The number of likely N-dealkylation sites (tertiary alicyclic amines) is 1. The third-order valence-corrected chi connectivity index (χ3v) is 5.18. The third-order valence-electron chi connectivity index (χ3n) is 5.18. The van der Waals surface area contributed by atoms with Crippen LogP contribution in [0.2, 0.25) is 0 Å². The van der Waals surface area contributed by atoms with Crippen LogP contribution in [0.1, 0.15) is 31.7 Å². The summed E-state index contributed by atoms with van der Waals surface area (Å²) >= 11 is 0. The van der Waals surface area contributed by atoms with E-state index in [0.717, 1.165) is 44.0 Å². The van der Waals surface area contributed by atoms with E-state index in [1.807, 2.05) is 19.3 Å². The first-order valence-corrected chi connectivity index (χ1v) is 8.72. The van der Waals surface area contributed by atoms with E-state index in [2.05, 4.69) is 19.8 Å². The number of piperidine rings is 1. The highest BCUT2D eigenvalue weighted by Crippen LogP contribution is 2.34. The predicted molar refractivity (Wildman–Crippen MR) is 89.9 cm³/mol. The van der Waals surface area contributed by atoms with Crippen molar-refractivity contribution in [3.63, 3.8) is 0 Å². The van der Waals surface area contributed by atoms with Gasteiger partial charge in [0.25, 0.3) is 0 Å². The second-order valence-corrected chi connectivity index (χ2v) is 6.74. The van der Waals surface area contributed by atoms with Gasteiger partial charge < -0.3 is 14.7 Å². The zero-order valence-electron chi connectivity index (χ0n) is 14.3. The Balaban J connectivity index is 1.62. The number of hydrogen-bond donors (Lipinski definition) is 1. The predicted octanol–water partition coefficient (Wildman–Crippen LogP) is 1.39. The smallest absolute Gasteiger partial charge is 0.310 e. The van der Waals surface area contributed by atoms with Gasteiger partial charge in [0, 0.05) is 44.1 Å². The van der Waals surface area contributed by atoms with Crippen LogP contribution in [0.25, 0.3) is 0 Å². The molecule has 7 nitrogen and oxygen atoms in total. The van der Waals surface area contributed by atoms with E-state index in [0.29, 0.717) is 32.7 Å². The van der Waals surface area contributed by atoms with Crippen LogP contribution >= 0.6 is 0 Å². The zero-order valence-corrected chi connectivity index (χ0v) is 14.3. The monoisotopic (exact) mass is 334 g/mol. The first-order chi connectivity index (χ1) is 11.6. The molecule has 0 aromatic carbocycles. The number of hydrogen-bond acceptors (Lipinski definition) is 6. The van der Waals surface area contributed by atoms with Gasteiger partial charge in [0.05, 0.1) is 18.6 Å². The first kappa shape index (κ1) is 17.1. The van der Waals surface area contributed by atoms with Gasteiger partial charge in [-0.15, -0.1) is 0 Å². The molecule has 24 heavy (non-hydrogen) atoms. The summed E-state index contributed by atoms with van der Waals surface area (Å²) in [4.78, 5) is 25.0. The lowest BCUT2D eigenvalue weighted by molar-refractivity contribution is -0.153. The highest BCUT2D eigenvalue weighted by atomic mass is 16.5. The van der Waals surface area contributed by atoms with E-state index in [9.17, 15) is 9.90 Å². The minimum absolute atomic E-state index is 0.601. The van der Waals surface area contributed by atoms with Crippen molar-refractivity contribution in [1.82, 2.24) is 14.9 Å². The molecule has 3 heterocycles. The molecule has 0 aliphatic carbocycles. The number of aliphatic carboxylic acids is 1. The largest absolute Gasteiger partial charge is 0.481 e. The number of carboxylic acid groups (broad SMARTS) is 1. The molecule has 1 aromatic heterocycles. The minimum atomic E-state index is -0.673. The first-order valence-electron chi connectivity index (χ1n) is 8.72. The normalized spacial score (nSPS) is 25.6. The van der Waals surface area contributed by atoms with Crippen LogP contribution in [0.4, 0.5) is 5.95 Å². The molecule has 3 rings (SSSR count). The van der Waals surface area contributed by atoms with Crippen LogP contribution in [-0.2, 0) is 16.1 Å². The Hall–Kier alpha value is -1.73. The van der Waals surface area contributed by atoms with Gasteiger partial charge in [-0.25, -0.2) is 9.97 Å². The summed E-state index contributed by atoms with van der Waals surface area (Å²) in [5.74, 6) is 0.0720. The summed E-state index contributed by atoms with van der Waals surface area (Å²) < 4.78 is 5.34. The standard InChI is InChI=1S/C17H26N4O3/c1-2-17(15(22)23)4-3-5-20(13-17)12-14-10-18-16(19-11-14)21-6-8-24-9-7-21/h10-11H,2-9,12-13H2,1H3,(H,22,23)/t17-/m0/s1. The fourth-order valence-corrected chi connectivity index (χ4v) is 3.59. The van der Waals surface area contributed by atoms with Crippen LogP contribution in [0, 0.1) is 5.41 Å². The quantitative estimate of drug-likeness (QED) is 0.871. The third kappa shape index (κ3) is 3.67. The molecule has 2 aliphatic rings. The number of nitrogens with zero attached hydrogens (tertiary/aromatic N) is 4. The van der Waals surface area contributed by atoms with Crippen molar-refractivity contribution < 1.29 is 14.6 Å². The van der Waals surface area contributed by atoms with Gasteiger partial charge in [0.2, 0.25) is 5.95 Å². The highest BCUT2D eigenvalue weighted by Gasteiger charge is 2.40. The Bertz CT molecular complexity index is 559.